The van der Waals surface area contributed by atoms with E-state index in [9.17, 15) is 18.0 Å². The Morgan fingerprint density at radius 1 is 1.06 bits per heavy atom. The van der Waals surface area contributed by atoms with E-state index in [4.69, 9.17) is 0 Å². The zero-order valence-electron chi connectivity index (χ0n) is 16.9. The number of rotatable bonds is 6. The van der Waals surface area contributed by atoms with Crippen molar-refractivity contribution in [3.8, 4) is 10.7 Å². The van der Waals surface area contributed by atoms with Crippen LogP contribution in [0.15, 0.2) is 60.8 Å². The van der Waals surface area contributed by atoms with Crippen molar-refractivity contribution in [2.75, 3.05) is 0 Å². The molecule has 1 amide bonds. The Bertz CT molecular complexity index is 1220. The average Bonchev–Trinajstić information content (AvgIpc) is 3.39. The molecular formula is C22H18F3N5OS. The highest BCUT2D eigenvalue weighted by Crippen LogP contribution is 2.29. The Morgan fingerprint density at radius 2 is 1.78 bits per heavy atom. The molecule has 1 N–H and O–H groups in total. The van der Waals surface area contributed by atoms with Gasteiger partial charge < -0.3 is 5.32 Å². The molecule has 0 saturated heterocycles. The number of halogens is 3. The van der Waals surface area contributed by atoms with Gasteiger partial charge >= 0.3 is 6.18 Å². The van der Waals surface area contributed by atoms with E-state index in [-0.39, 0.29) is 12.5 Å². The van der Waals surface area contributed by atoms with Crippen molar-refractivity contribution in [3.05, 3.63) is 88.1 Å². The molecule has 0 spiro atoms. The van der Waals surface area contributed by atoms with Gasteiger partial charge in [0.15, 0.2) is 0 Å². The first-order valence-corrected chi connectivity index (χ1v) is 10.5. The lowest BCUT2D eigenvalue weighted by Crippen LogP contribution is -2.22. The Labute approximate surface area is 185 Å². The predicted molar refractivity (Wildman–Crippen MR) is 114 cm³/mol. The molecule has 0 aliphatic carbocycles. The quantitative estimate of drug-likeness (QED) is 0.455. The van der Waals surface area contributed by atoms with Gasteiger partial charge in [0.25, 0.3) is 5.91 Å². The van der Waals surface area contributed by atoms with Gasteiger partial charge in [-0.05, 0) is 30.2 Å². The lowest BCUT2D eigenvalue weighted by molar-refractivity contribution is -0.137. The SMILES string of the molecule is Cc1nc(-c2cn(Cc3ccc(C(F)(F)F)cc3)nn2)sc1C(=O)NCc1ccccc1. The number of benzene rings is 2. The first-order chi connectivity index (χ1) is 15.3. The molecule has 0 unspecified atom stereocenters. The Kier molecular flexibility index (Phi) is 6.04. The summed E-state index contributed by atoms with van der Waals surface area (Å²) >= 11 is 1.22. The van der Waals surface area contributed by atoms with E-state index in [1.807, 2.05) is 30.3 Å². The normalized spacial score (nSPS) is 11.5. The van der Waals surface area contributed by atoms with Gasteiger partial charge in [-0.3, -0.25) is 4.79 Å². The Morgan fingerprint density at radius 3 is 2.47 bits per heavy atom. The van der Waals surface area contributed by atoms with Crippen molar-refractivity contribution in [1.29, 1.82) is 0 Å². The second kappa shape index (κ2) is 8.91. The van der Waals surface area contributed by atoms with Gasteiger partial charge in [-0.2, -0.15) is 13.2 Å². The third-order valence-electron chi connectivity index (χ3n) is 4.68. The molecule has 0 atom stereocenters. The van der Waals surface area contributed by atoms with Crippen molar-refractivity contribution in [1.82, 2.24) is 25.3 Å². The van der Waals surface area contributed by atoms with E-state index in [1.54, 1.807) is 13.1 Å². The van der Waals surface area contributed by atoms with Gasteiger partial charge in [-0.15, -0.1) is 16.4 Å². The van der Waals surface area contributed by atoms with Crippen molar-refractivity contribution in [2.45, 2.75) is 26.2 Å². The summed E-state index contributed by atoms with van der Waals surface area (Å²) in [4.78, 5) is 17.5. The molecule has 0 aliphatic rings. The first-order valence-electron chi connectivity index (χ1n) is 9.66. The van der Waals surface area contributed by atoms with E-state index in [2.05, 4.69) is 20.6 Å². The number of carbonyl (C=O) groups excluding carboxylic acids is 1. The van der Waals surface area contributed by atoms with Gasteiger partial charge in [0.2, 0.25) is 0 Å². The average molecular weight is 457 g/mol. The van der Waals surface area contributed by atoms with Gasteiger partial charge in [0, 0.05) is 6.54 Å². The van der Waals surface area contributed by atoms with Crippen molar-refractivity contribution in [3.63, 3.8) is 0 Å². The van der Waals surface area contributed by atoms with E-state index in [0.717, 1.165) is 17.7 Å². The van der Waals surface area contributed by atoms with Crippen LogP contribution in [-0.2, 0) is 19.3 Å². The molecule has 32 heavy (non-hydrogen) atoms. The highest BCUT2D eigenvalue weighted by molar-refractivity contribution is 7.17. The number of amides is 1. The molecular weight excluding hydrogens is 439 g/mol. The van der Waals surface area contributed by atoms with Crippen LogP contribution in [0, 0.1) is 6.92 Å². The standard InChI is InChI=1S/C22H18F3N5OS/c1-14-19(20(31)26-11-15-5-3-2-4-6-15)32-21(27-14)18-13-30(29-28-18)12-16-7-9-17(10-8-16)22(23,24)25/h2-10,13H,11-12H2,1H3,(H,26,31). The van der Waals surface area contributed by atoms with Crippen LogP contribution < -0.4 is 5.32 Å². The molecule has 0 saturated carbocycles. The number of alkyl halides is 3. The van der Waals surface area contributed by atoms with E-state index in [1.165, 1.54) is 28.2 Å². The van der Waals surface area contributed by atoms with Crippen LogP contribution in [0.5, 0.6) is 0 Å². The van der Waals surface area contributed by atoms with Crippen LogP contribution in [-0.4, -0.2) is 25.9 Å². The largest absolute Gasteiger partial charge is 0.416 e. The maximum Gasteiger partial charge on any atom is 0.416 e. The number of nitrogens with zero attached hydrogens (tertiary/aromatic N) is 4. The van der Waals surface area contributed by atoms with Gasteiger partial charge in [0.05, 0.1) is 24.0 Å². The molecule has 0 aliphatic heterocycles. The first kappa shape index (κ1) is 21.7. The number of nitrogens with one attached hydrogen (secondary N) is 1. The number of carbonyl (C=O) groups is 1. The lowest BCUT2D eigenvalue weighted by atomic mass is 10.1. The molecule has 2 aromatic heterocycles. The lowest BCUT2D eigenvalue weighted by Gasteiger charge is -2.07. The minimum Gasteiger partial charge on any atom is -0.347 e. The number of hydrogen-bond donors (Lipinski definition) is 1. The zero-order chi connectivity index (χ0) is 22.7. The highest BCUT2D eigenvalue weighted by Gasteiger charge is 2.29. The molecule has 2 heterocycles. The second-order valence-electron chi connectivity index (χ2n) is 7.10. The summed E-state index contributed by atoms with van der Waals surface area (Å²) in [5.74, 6) is -0.216. The fraction of sp³-hybridized carbons (Fsp3) is 0.182. The number of aromatic nitrogens is 4. The molecule has 0 radical (unpaired) electrons. The zero-order valence-corrected chi connectivity index (χ0v) is 17.7. The summed E-state index contributed by atoms with van der Waals surface area (Å²) in [7, 11) is 0. The van der Waals surface area contributed by atoms with E-state index < -0.39 is 11.7 Å². The highest BCUT2D eigenvalue weighted by atomic mass is 32.1. The molecule has 2 aromatic carbocycles. The third kappa shape index (κ3) is 5.02. The molecule has 4 aromatic rings. The molecule has 4 rings (SSSR count). The molecule has 6 nitrogen and oxygen atoms in total. The summed E-state index contributed by atoms with van der Waals surface area (Å²) in [6.45, 7) is 2.43. The summed E-state index contributed by atoms with van der Waals surface area (Å²) in [6.07, 6.45) is -2.71. The minimum atomic E-state index is -4.37. The van der Waals surface area contributed by atoms with Crippen molar-refractivity contribution < 1.29 is 18.0 Å². The van der Waals surface area contributed by atoms with Gasteiger partial charge in [-0.1, -0.05) is 47.7 Å². The van der Waals surface area contributed by atoms with Crippen LogP contribution in [0.3, 0.4) is 0 Å². The van der Waals surface area contributed by atoms with Crippen LogP contribution in [0.2, 0.25) is 0 Å². The molecule has 10 heteroatoms. The summed E-state index contributed by atoms with van der Waals surface area (Å²) < 4.78 is 39.6. The van der Waals surface area contributed by atoms with Crippen LogP contribution in [0.25, 0.3) is 10.7 Å². The Hall–Kier alpha value is -3.53. The monoisotopic (exact) mass is 457 g/mol. The minimum absolute atomic E-state index is 0.216. The maximum atomic E-state index is 12.7. The number of hydrogen-bond acceptors (Lipinski definition) is 5. The van der Waals surface area contributed by atoms with Crippen LogP contribution in [0.4, 0.5) is 13.2 Å². The van der Waals surface area contributed by atoms with Gasteiger partial charge in [0.1, 0.15) is 15.6 Å². The molecule has 0 fully saturated rings. The fourth-order valence-corrected chi connectivity index (χ4v) is 3.97. The predicted octanol–water partition coefficient (Wildman–Crippen LogP) is 4.71. The second-order valence-corrected chi connectivity index (χ2v) is 8.10. The molecule has 164 valence electrons. The van der Waals surface area contributed by atoms with Crippen LogP contribution >= 0.6 is 11.3 Å². The smallest absolute Gasteiger partial charge is 0.347 e. The Balaban J connectivity index is 1.43. The topological polar surface area (TPSA) is 72.7 Å². The fourth-order valence-electron chi connectivity index (χ4n) is 3.04. The summed E-state index contributed by atoms with van der Waals surface area (Å²) in [6, 6.07) is 14.5. The van der Waals surface area contributed by atoms with E-state index in [0.29, 0.717) is 33.4 Å². The number of thiazole rings is 1. The third-order valence-corrected chi connectivity index (χ3v) is 5.86. The summed E-state index contributed by atoms with van der Waals surface area (Å²) in [5.41, 5.74) is 2.04. The molecule has 0 bridgehead atoms. The van der Waals surface area contributed by atoms with Crippen LogP contribution in [0.1, 0.15) is 32.1 Å². The van der Waals surface area contributed by atoms with Gasteiger partial charge in [-0.25, -0.2) is 9.67 Å². The maximum absolute atomic E-state index is 12.7. The summed E-state index contributed by atoms with van der Waals surface area (Å²) in [5, 5.41) is 11.6. The van der Waals surface area contributed by atoms with E-state index >= 15 is 0 Å². The van der Waals surface area contributed by atoms with Crippen molar-refractivity contribution >= 4 is 17.2 Å². The van der Waals surface area contributed by atoms with Crippen molar-refractivity contribution in [2.24, 2.45) is 0 Å². The number of aryl methyl sites for hydroxylation is 1.